The Bertz CT molecular complexity index is 380. The molecule has 0 radical (unpaired) electrons. The molecular formula is C10H12N4O. The predicted octanol–water partition coefficient (Wildman–Crippen LogP) is -0.0562. The number of rotatable bonds is 1. The molecule has 1 aromatic heterocycles. The summed E-state index contributed by atoms with van der Waals surface area (Å²) < 4.78 is 0. The monoisotopic (exact) mass is 204 g/mol. The van der Waals surface area contributed by atoms with Crippen molar-refractivity contribution in [1.82, 2.24) is 15.3 Å². The van der Waals surface area contributed by atoms with E-state index in [1.807, 2.05) is 0 Å². The van der Waals surface area contributed by atoms with Crippen molar-refractivity contribution in [2.24, 2.45) is 0 Å². The highest BCUT2D eigenvalue weighted by Gasteiger charge is 2.41. The first kappa shape index (κ1) is 8.64. The first-order valence-electron chi connectivity index (χ1n) is 5.16. The van der Waals surface area contributed by atoms with E-state index in [-0.39, 0.29) is 11.9 Å². The lowest BCUT2D eigenvalue weighted by atomic mass is 10.1. The van der Waals surface area contributed by atoms with Gasteiger partial charge < -0.3 is 10.2 Å². The maximum Gasteiger partial charge on any atom is 0.222 e. The molecule has 0 bridgehead atoms. The number of hydrogen-bond donors (Lipinski definition) is 1. The molecule has 3 rings (SSSR count). The van der Waals surface area contributed by atoms with Crippen molar-refractivity contribution in [2.45, 2.75) is 24.9 Å². The second-order valence-electron chi connectivity index (χ2n) is 3.99. The lowest BCUT2D eigenvalue weighted by Crippen LogP contribution is -2.34. The van der Waals surface area contributed by atoms with Gasteiger partial charge in [0.2, 0.25) is 5.91 Å². The van der Waals surface area contributed by atoms with Crippen LogP contribution in [0.5, 0.6) is 0 Å². The fraction of sp³-hybridized carbons (Fsp3) is 0.500. The third-order valence-electron chi connectivity index (χ3n) is 3.13. The van der Waals surface area contributed by atoms with Crippen LogP contribution in [0, 0.1) is 0 Å². The molecule has 2 aliphatic heterocycles. The average molecular weight is 204 g/mol. The molecule has 1 N–H and O–H groups in total. The van der Waals surface area contributed by atoms with E-state index in [1.165, 1.54) is 0 Å². The summed E-state index contributed by atoms with van der Waals surface area (Å²) in [6.45, 7) is 0.953. The number of aromatic nitrogens is 2. The molecule has 5 nitrogen and oxygen atoms in total. The molecule has 2 saturated heterocycles. The zero-order chi connectivity index (χ0) is 10.3. The number of amides is 1. The number of carbonyl (C=O) groups excluding carboxylic acids is 1. The summed E-state index contributed by atoms with van der Waals surface area (Å²) in [7, 11) is 0. The van der Waals surface area contributed by atoms with Gasteiger partial charge in [-0.2, -0.15) is 0 Å². The van der Waals surface area contributed by atoms with Crippen LogP contribution in [0.25, 0.3) is 0 Å². The summed E-state index contributed by atoms with van der Waals surface area (Å²) in [5.74, 6) is 1.03. The number of nitrogens with zero attached hydrogens (tertiary/aromatic N) is 3. The minimum absolute atomic E-state index is 0.151. The first-order chi connectivity index (χ1) is 7.34. The summed E-state index contributed by atoms with van der Waals surface area (Å²) in [4.78, 5) is 21.8. The van der Waals surface area contributed by atoms with Crippen LogP contribution in [-0.4, -0.2) is 34.5 Å². The Morgan fingerprint density at radius 1 is 1.47 bits per heavy atom. The molecule has 2 aliphatic rings. The second-order valence-corrected chi connectivity index (χ2v) is 3.99. The van der Waals surface area contributed by atoms with Gasteiger partial charge in [-0.25, -0.2) is 4.98 Å². The van der Waals surface area contributed by atoms with Crippen molar-refractivity contribution in [1.29, 1.82) is 0 Å². The van der Waals surface area contributed by atoms with Gasteiger partial charge in [-0.15, -0.1) is 0 Å². The Kier molecular flexibility index (Phi) is 1.83. The highest BCUT2D eigenvalue weighted by atomic mass is 16.2. The first-order valence-corrected chi connectivity index (χ1v) is 5.16. The van der Waals surface area contributed by atoms with Gasteiger partial charge in [0, 0.05) is 25.4 Å². The van der Waals surface area contributed by atoms with Crippen LogP contribution in [0.3, 0.4) is 0 Å². The van der Waals surface area contributed by atoms with Crippen LogP contribution in [0.4, 0.5) is 5.82 Å². The van der Waals surface area contributed by atoms with Crippen molar-refractivity contribution in [3.05, 3.63) is 18.6 Å². The third kappa shape index (κ3) is 1.35. The Balaban J connectivity index is 1.87. The van der Waals surface area contributed by atoms with Crippen molar-refractivity contribution in [2.75, 3.05) is 11.4 Å². The van der Waals surface area contributed by atoms with Gasteiger partial charge in [-0.1, -0.05) is 0 Å². The maximum atomic E-state index is 11.3. The highest BCUT2D eigenvalue weighted by Crippen LogP contribution is 2.28. The molecule has 0 aliphatic carbocycles. The number of carbonyl (C=O) groups is 1. The normalized spacial score (nSPS) is 29.1. The Hall–Kier alpha value is -1.65. The van der Waals surface area contributed by atoms with Crippen molar-refractivity contribution in [3.63, 3.8) is 0 Å². The fourth-order valence-electron chi connectivity index (χ4n) is 2.45. The smallest absolute Gasteiger partial charge is 0.222 e. The molecule has 0 saturated carbocycles. The zero-order valence-electron chi connectivity index (χ0n) is 8.26. The molecule has 2 atom stereocenters. The Morgan fingerprint density at radius 2 is 2.40 bits per heavy atom. The quantitative estimate of drug-likeness (QED) is 0.696. The Labute approximate surface area is 87.5 Å². The van der Waals surface area contributed by atoms with Gasteiger partial charge in [0.1, 0.15) is 5.82 Å². The van der Waals surface area contributed by atoms with Crippen LogP contribution in [-0.2, 0) is 4.79 Å². The Morgan fingerprint density at radius 3 is 3.20 bits per heavy atom. The molecule has 0 unspecified atom stereocenters. The molecule has 1 aromatic rings. The second kappa shape index (κ2) is 3.18. The van der Waals surface area contributed by atoms with E-state index >= 15 is 0 Å². The number of nitrogens with one attached hydrogen (secondary N) is 1. The maximum absolute atomic E-state index is 11.3. The van der Waals surface area contributed by atoms with Crippen LogP contribution in [0.15, 0.2) is 18.6 Å². The van der Waals surface area contributed by atoms with E-state index in [9.17, 15) is 4.79 Å². The molecule has 5 heteroatoms. The molecule has 0 spiro atoms. The molecule has 2 fully saturated rings. The van der Waals surface area contributed by atoms with Gasteiger partial charge in [-0.3, -0.25) is 9.78 Å². The van der Waals surface area contributed by atoms with Gasteiger partial charge in [0.25, 0.3) is 0 Å². The number of hydrogen-bond acceptors (Lipinski definition) is 4. The summed E-state index contributed by atoms with van der Waals surface area (Å²) in [6, 6.07) is 0.578. The zero-order valence-corrected chi connectivity index (χ0v) is 8.26. The molecule has 78 valence electrons. The van der Waals surface area contributed by atoms with E-state index in [2.05, 4.69) is 20.2 Å². The van der Waals surface area contributed by atoms with Gasteiger partial charge in [-0.05, 0) is 6.42 Å². The fourth-order valence-corrected chi connectivity index (χ4v) is 2.45. The summed E-state index contributed by atoms with van der Waals surface area (Å²) in [5, 5.41) is 2.99. The summed E-state index contributed by atoms with van der Waals surface area (Å²) in [5.41, 5.74) is 0. The highest BCUT2D eigenvalue weighted by molar-refractivity contribution is 5.81. The molecule has 15 heavy (non-hydrogen) atoms. The van der Waals surface area contributed by atoms with Gasteiger partial charge >= 0.3 is 0 Å². The van der Waals surface area contributed by atoms with Crippen molar-refractivity contribution in [3.8, 4) is 0 Å². The summed E-state index contributed by atoms with van der Waals surface area (Å²) in [6.07, 6.45) is 6.70. The van der Waals surface area contributed by atoms with Crippen molar-refractivity contribution < 1.29 is 4.79 Å². The number of anilines is 1. The van der Waals surface area contributed by atoms with Crippen LogP contribution in [0.1, 0.15) is 12.8 Å². The minimum atomic E-state index is 0.151. The van der Waals surface area contributed by atoms with Crippen LogP contribution >= 0.6 is 0 Å². The van der Waals surface area contributed by atoms with E-state index in [1.54, 1.807) is 18.6 Å². The lowest BCUT2D eigenvalue weighted by Gasteiger charge is -2.22. The third-order valence-corrected chi connectivity index (χ3v) is 3.13. The minimum Gasteiger partial charge on any atom is -0.351 e. The lowest BCUT2D eigenvalue weighted by molar-refractivity contribution is -0.119. The van der Waals surface area contributed by atoms with E-state index in [0.717, 1.165) is 18.8 Å². The summed E-state index contributed by atoms with van der Waals surface area (Å²) >= 11 is 0. The predicted molar refractivity (Wildman–Crippen MR) is 54.3 cm³/mol. The van der Waals surface area contributed by atoms with Crippen LogP contribution < -0.4 is 10.2 Å². The van der Waals surface area contributed by atoms with Crippen LogP contribution in [0.2, 0.25) is 0 Å². The largest absolute Gasteiger partial charge is 0.351 e. The van der Waals surface area contributed by atoms with E-state index < -0.39 is 0 Å². The number of fused-ring (bicyclic) bond motifs is 1. The van der Waals surface area contributed by atoms with Gasteiger partial charge in [0.15, 0.2) is 0 Å². The molecule has 1 amide bonds. The molecular weight excluding hydrogens is 192 g/mol. The topological polar surface area (TPSA) is 58.1 Å². The van der Waals surface area contributed by atoms with Gasteiger partial charge in [0.05, 0.1) is 18.3 Å². The van der Waals surface area contributed by atoms with E-state index in [0.29, 0.717) is 12.5 Å². The average Bonchev–Trinajstić information content (AvgIpc) is 2.77. The SMILES string of the molecule is O=C1C[C@@H]2[C@H](CCN2c2cnccn2)N1. The molecule has 0 aromatic carbocycles. The van der Waals surface area contributed by atoms with E-state index in [4.69, 9.17) is 0 Å². The standard InChI is InChI=1S/C10H12N4O/c15-10-5-8-7(13-10)1-4-14(8)9-6-11-2-3-12-9/h2-3,6-8H,1,4-5H2,(H,13,15)/t7-,8+/m0/s1. The van der Waals surface area contributed by atoms with Crippen molar-refractivity contribution >= 4 is 11.7 Å². The molecule has 3 heterocycles.